The molecule has 0 atom stereocenters. The van der Waals surface area contributed by atoms with Crippen LogP contribution >= 0.6 is 0 Å². The zero-order valence-electron chi connectivity index (χ0n) is 15.5. The number of ether oxygens (including phenoxy) is 1. The highest BCUT2D eigenvalue weighted by Gasteiger charge is 2.08. The van der Waals surface area contributed by atoms with E-state index in [9.17, 15) is 4.79 Å². The summed E-state index contributed by atoms with van der Waals surface area (Å²) >= 11 is 0. The molecule has 2 aromatic rings. The number of carbonyl (C=O) groups excluding carboxylic acids is 1. The molecular formula is C21H28N2O2. The Bertz CT molecular complexity index is 679. The largest absolute Gasteiger partial charge is 0.492 e. The third kappa shape index (κ3) is 5.82. The number of amides is 2. The van der Waals surface area contributed by atoms with Gasteiger partial charge in [0.1, 0.15) is 12.4 Å². The standard InChI is InChI=1S/C21H28N2O2/c1-15(2)17-9-11-18(12-10-17)25-14-13-22-21(24)23-20-8-6-5-7-19(20)16(3)4/h5-12,15-16H,13-14H2,1-4H3,(H2,22,23,24). The molecule has 4 nitrogen and oxygen atoms in total. The molecule has 2 aromatic carbocycles. The second-order valence-electron chi connectivity index (χ2n) is 6.70. The Morgan fingerprint density at radius 2 is 1.64 bits per heavy atom. The van der Waals surface area contributed by atoms with E-state index in [2.05, 4.69) is 50.5 Å². The van der Waals surface area contributed by atoms with Crippen molar-refractivity contribution in [3.8, 4) is 5.75 Å². The molecule has 2 rings (SSSR count). The lowest BCUT2D eigenvalue weighted by Crippen LogP contribution is -2.32. The van der Waals surface area contributed by atoms with E-state index in [-0.39, 0.29) is 6.03 Å². The Balaban J connectivity index is 1.76. The van der Waals surface area contributed by atoms with Crippen LogP contribution in [0.1, 0.15) is 50.7 Å². The number of anilines is 1. The molecule has 0 saturated heterocycles. The van der Waals surface area contributed by atoms with Gasteiger partial charge in [-0.2, -0.15) is 0 Å². The van der Waals surface area contributed by atoms with Crippen LogP contribution in [-0.2, 0) is 0 Å². The molecule has 0 radical (unpaired) electrons. The maximum atomic E-state index is 12.0. The summed E-state index contributed by atoms with van der Waals surface area (Å²) in [6, 6.07) is 15.7. The minimum atomic E-state index is -0.216. The van der Waals surface area contributed by atoms with E-state index in [1.54, 1.807) is 0 Å². The number of urea groups is 1. The van der Waals surface area contributed by atoms with Gasteiger partial charge in [-0.15, -0.1) is 0 Å². The molecule has 0 aliphatic rings. The van der Waals surface area contributed by atoms with Crippen LogP contribution in [0.3, 0.4) is 0 Å². The van der Waals surface area contributed by atoms with Gasteiger partial charge in [-0.05, 0) is 41.2 Å². The van der Waals surface area contributed by atoms with Gasteiger partial charge in [0.15, 0.2) is 0 Å². The van der Waals surface area contributed by atoms with Gasteiger partial charge < -0.3 is 15.4 Å². The van der Waals surface area contributed by atoms with Crippen molar-refractivity contribution in [1.82, 2.24) is 5.32 Å². The predicted octanol–water partition coefficient (Wildman–Crippen LogP) is 5.13. The minimum absolute atomic E-state index is 0.216. The summed E-state index contributed by atoms with van der Waals surface area (Å²) in [6.07, 6.45) is 0. The lowest BCUT2D eigenvalue weighted by Gasteiger charge is -2.14. The van der Waals surface area contributed by atoms with Crippen LogP contribution in [0.25, 0.3) is 0 Å². The fraction of sp³-hybridized carbons (Fsp3) is 0.381. The Kier molecular flexibility index (Phi) is 6.87. The SMILES string of the molecule is CC(C)c1ccc(OCCNC(=O)Nc2ccccc2C(C)C)cc1. The highest BCUT2D eigenvalue weighted by atomic mass is 16.5. The van der Waals surface area contributed by atoms with E-state index in [4.69, 9.17) is 4.74 Å². The first kappa shape index (κ1) is 18.8. The van der Waals surface area contributed by atoms with Crippen molar-refractivity contribution in [3.63, 3.8) is 0 Å². The van der Waals surface area contributed by atoms with E-state index in [0.717, 1.165) is 17.0 Å². The average Bonchev–Trinajstić information content (AvgIpc) is 2.59. The minimum Gasteiger partial charge on any atom is -0.492 e. The molecular weight excluding hydrogens is 312 g/mol. The molecule has 4 heteroatoms. The van der Waals surface area contributed by atoms with E-state index < -0.39 is 0 Å². The van der Waals surface area contributed by atoms with Gasteiger partial charge in [0.25, 0.3) is 0 Å². The van der Waals surface area contributed by atoms with Crippen molar-refractivity contribution in [3.05, 3.63) is 59.7 Å². The number of benzene rings is 2. The molecule has 0 bridgehead atoms. The molecule has 134 valence electrons. The van der Waals surface area contributed by atoms with Gasteiger partial charge in [-0.1, -0.05) is 58.0 Å². The van der Waals surface area contributed by atoms with Crippen molar-refractivity contribution in [1.29, 1.82) is 0 Å². The predicted molar refractivity (Wildman–Crippen MR) is 104 cm³/mol. The summed E-state index contributed by atoms with van der Waals surface area (Å²) < 4.78 is 5.66. The summed E-state index contributed by atoms with van der Waals surface area (Å²) in [7, 11) is 0. The van der Waals surface area contributed by atoms with Crippen molar-refractivity contribution in [2.75, 3.05) is 18.5 Å². The topological polar surface area (TPSA) is 50.4 Å². The van der Waals surface area contributed by atoms with Gasteiger partial charge in [0.05, 0.1) is 6.54 Å². The highest BCUT2D eigenvalue weighted by Crippen LogP contribution is 2.23. The van der Waals surface area contributed by atoms with Crippen LogP contribution in [0.15, 0.2) is 48.5 Å². The Hall–Kier alpha value is -2.49. The molecule has 25 heavy (non-hydrogen) atoms. The van der Waals surface area contributed by atoms with Crippen LogP contribution in [0, 0.1) is 0 Å². The van der Waals surface area contributed by atoms with E-state index >= 15 is 0 Å². The van der Waals surface area contributed by atoms with Crippen molar-refractivity contribution in [2.45, 2.75) is 39.5 Å². The molecule has 0 unspecified atom stereocenters. The summed E-state index contributed by atoms with van der Waals surface area (Å²) in [5, 5.41) is 5.73. The first-order chi connectivity index (χ1) is 12.0. The normalized spacial score (nSPS) is 10.8. The van der Waals surface area contributed by atoms with Gasteiger partial charge in [0, 0.05) is 5.69 Å². The van der Waals surface area contributed by atoms with E-state index in [1.165, 1.54) is 5.56 Å². The van der Waals surface area contributed by atoms with Crippen molar-refractivity contribution in [2.24, 2.45) is 0 Å². The zero-order valence-corrected chi connectivity index (χ0v) is 15.5. The number of hydrogen-bond acceptors (Lipinski definition) is 2. The lowest BCUT2D eigenvalue weighted by atomic mass is 10.0. The molecule has 0 saturated carbocycles. The first-order valence-electron chi connectivity index (χ1n) is 8.84. The number of rotatable bonds is 7. The van der Waals surface area contributed by atoms with Crippen molar-refractivity contribution >= 4 is 11.7 Å². The van der Waals surface area contributed by atoms with Gasteiger partial charge in [0.2, 0.25) is 0 Å². The number of hydrogen-bond donors (Lipinski definition) is 2. The summed E-state index contributed by atoms with van der Waals surface area (Å²) in [5.41, 5.74) is 3.26. The molecule has 2 amide bonds. The van der Waals surface area contributed by atoms with Crippen LogP contribution < -0.4 is 15.4 Å². The third-order valence-corrected chi connectivity index (χ3v) is 4.03. The lowest BCUT2D eigenvalue weighted by molar-refractivity contribution is 0.247. The molecule has 0 aromatic heterocycles. The number of carbonyl (C=O) groups is 1. The van der Waals surface area contributed by atoms with Gasteiger partial charge >= 0.3 is 6.03 Å². The zero-order chi connectivity index (χ0) is 18.2. The summed E-state index contributed by atoms with van der Waals surface area (Å²) in [6.45, 7) is 9.42. The molecule has 0 aliphatic heterocycles. The van der Waals surface area contributed by atoms with Crippen molar-refractivity contribution < 1.29 is 9.53 Å². The van der Waals surface area contributed by atoms with Crippen LogP contribution in [-0.4, -0.2) is 19.2 Å². The molecule has 0 spiro atoms. The Morgan fingerprint density at radius 1 is 0.960 bits per heavy atom. The molecule has 0 fully saturated rings. The summed E-state index contributed by atoms with van der Waals surface area (Å²) in [5.74, 6) is 1.68. The maximum Gasteiger partial charge on any atom is 0.319 e. The highest BCUT2D eigenvalue weighted by molar-refractivity contribution is 5.90. The van der Waals surface area contributed by atoms with Gasteiger partial charge in [-0.25, -0.2) is 4.79 Å². The second kappa shape index (κ2) is 9.11. The van der Waals surface area contributed by atoms with E-state index in [1.807, 2.05) is 36.4 Å². The number of nitrogens with one attached hydrogen (secondary N) is 2. The molecule has 2 N–H and O–H groups in total. The fourth-order valence-electron chi connectivity index (χ4n) is 2.56. The van der Waals surface area contributed by atoms with Gasteiger partial charge in [-0.3, -0.25) is 0 Å². The molecule has 0 heterocycles. The quantitative estimate of drug-likeness (QED) is 0.686. The van der Waals surface area contributed by atoms with Crippen LogP contribution in [0.2, 0.25) is 0 Å². The van der Waals surface area contributed by atoms with E-state index in [0.29, 0.717) is 25.0 Å². The smallest absolute Gasteiger partial charge is 0.319 e. The average molecular weight is 340 g/mol. The summed E-state index contributed by atoms with van der Waals surface area (Å²) in [4.78, 5) is 12.0. The Labute approximate surface area is 150 Å². The Morgan fingerprint density at radius 3 is 2.28 bits per heavy atom. The second-order valence-corrected chi connectivity index (χ2v) is 6.70. The number of para-hydroxylation sites is 1. The van der Waals surface area contributed by atoms with Crippen LogP contribution in [0.5, 0.6) is 5.75 Å². The first-order valence-corrected chi connectivity index (χ1v) is 8.84. The maximum absolute atomic E-state index is 12.0. The third-order valence-electron chi connectivity index (χ3n) is 4.03. The fourth-order valence-corrected chi connectivity index (χ4v) is 2.56. The monoisotopic (exact) mass is 340 g/mol. The van der Waals surface area contributed by atoms with Crippen LogP contribution in [0.4, 0.5) is 10.5 Å². The molecule has 0 aliphatic carbocycles.